The Morgan fingerprint density at radius 1 is 1.14 bits per heavy atom. The largest absolute Gasteiger partial charge is 0.342 e. The first-order valence-electron chi connectivity index (χ1n) is 12.5. The first kappa shape index (κ1) is 30.4. The first-order valence-corrected chi connectivity index (χ1v) is 12.8. The van der Waals surface area contributed by atoms with Crippen molar-refractivity contribution in [2.75, 3.05) is 24.9 Å². The highest BCUT2D eigenvalue weighted by molar-refractivity contribution is 6.33. The van der Waals surface area contributed by atoms with Crippen molar-refractivity contribution in [1.82, 2.24) is 14.9 Å². The van der Waals surface area contributed by atoms with Crippen molar-refractivity contribution < 1.29 is 18.0 Å². The highest BCUT2D eigenvalue weighted by Crippen LogP contribution is 2.29. The van der Waals surface area contributed by atoms with Gasteiger partial charge in [-0.15, -0.1) is 0 Å². The molecule has 1 N–H and O–H groups in total. The molecule has 1 aliphatic rings. The van der Waals surface area contributed by atoms with Gasteiger partial charge in [-0.2, -0.15) is 0 Å². The van der Waals surface area contributed by atoms with Crippen LogP contribution in [0, 0.1) is 19.7 Å². The summed E-state index contributed by atoms with van der Waals surface area (Å²) in [6.07, 6.45) is 1.82. The number of rotatable bonds is 5. The van der Waals surface area contributed by atoms with Crippen LogP contribution >= 0.6 is 11.6 Å². The Morgan fingerprint density at radius 3 is 2.32 bits per heavy atom. The maximum absolute atomic E-state index is 13.4. The predicted molar refractivity (Wildman–Crippen MR) is 145 cm³/mol. The number of H-pyrrole nitrogens is 1. The summed E-state index contributed by atoms with van der Waals surface area (Å²) in [5.41, 5.74) is 4.75. The molecule has 1 saturated heterocycles. The van der Waals surface area contributed by atoms with Crippen LogP contribution in [0.2, 0.25) is 5.02 Å². The molecule has 1 aromatic heterocycles. The molecule has 5 nitrogen and oxygen atoms in total. The summed E-state index contributed by atoms with van der Waals surface area (Å²) in [4.78, 5) is 24.8. The van der Waals surface area contributed by atoms with E-state index in [0.717, 1.165) is 55.1 Å². The van der Waals surface area contributed by atoms with E-state index in [2.05, 4.69) is 9.88 Å². The molecule has 202 valence electrons. The number of halogens is 4. The fourth-order valence-corrected chi connectivity index (χ4v) is 4.72. The van der Waals surface area contributed by atoms with Gasteiger partial charge in [-0.1, -0.05) is 43.6 Å². The van der Waals surface area contributed by atoms with Crippen LogP contribution in [0.5, 0.6) is 0 Å². The molecule has 1 aliphatic heterocycles. The molecule has 3 aromatic rings. The summed E-state index contributed by atoms with van der Waals surface area (Å²) in [7, 11) is 0. The van der Waals surface area contributed by atoms with Gasteiger partial charge in [-0.3, -0.25) is 9.69 Å². The second kappa shape index (κ2) is 14.8. The van der Waals surface area contributed by atoms with Crippen molar-refractivity contribution in [2.24, 2.45) is 0 Å². The van der Waals surface area contributed by atoms with Crippen molar-refractivity contribution >= 4 is 23.2 Å². The van der Waals surface area contributed by atoms with Crippen molar-refractivity contribution in [1.29, 1.82) is 0 Å². The van der Waals surface area contributed by atoms with E-state index in [1.807, 2.05) is 56.9 Å². The SMILES string of the molecule is CC.CC(=O)N(c1ccccc1C)C1CCN(Cc2nc(-c3ccc(F)cc3Cl)[nH]c2C)CC1.FCF. The minimum Gasteiger partial charge on any atom is -0.342 e. The number of imidazole rings is 1. The molecule has 1 fully saturated rings. The number of alkyl halides is 2. The summed E-state index contributed by atoms with van der Waals surface area (Å²) in [5.74, 6) is 0.372. The Balaban J connectivity index is 0.000000898. The molecule has 9 heteroatoms. The molecule has 0 atom stereocenters. The number of hydrogen-bond acceptors (Lipinski definition) is 3. The molecule has 0 saturated carbocycles. The molecule has 0 radical (unpaired) electrons. The predicted octanol–water partition coefficient (Wildman–Crippen LogP) is 7.41. The number of aromatic nitrogens is 2. The number of anilines is 1. The third kappa shape index (κ3) is 8.07. The van der Waals surface area contributed by atoms with Crippen LogP contribution < -0.4 is 4.90 Å². The monoisotopic (exact) mass is 536 g/mol. The van der Waals surface area contributed by atoms with Crippen LogP contribution in [0.1, 0.15) is 50.6 Å². The van der Waals surface area contributed by atoms with Gasteiger partial charge in [0.1, 0.15) is 11.6 Å². The topological polar surface area (TPSA) is 52.2 Å². The Morgan fingerprint density at radius 2 is 1.76 bits per heavy atom. The molecule has 0 aliphatic carbocycles. The first-order chi connectivity index (χ1) is 17.7. The van der Waals surface area contributed by atoms with Crippen LogP contribution in [-0.2, 0) is 11.3 Å². The summed E-state index contributed by atoms with van der Waals surface area (Å²) < 4.78 is 32.6. The van der Waals surface area contributed by atoms with Crippen molar-refractivity contribution in [3.8, 4) is 11.4 Å². The highest BCUT2D eigenvalue weighted by atomic mass is 35.5. The second-order valence-corrected chi connectivity index (χ2v) is 8.97. The fourth-order valence-electron chi connectivity index (χ4n) is 4.46. The van der Waals surface area contributed by atoms with E-state index in [1.54, 1.807) is 13.0 Å². The van der Waals surface area contributed by atoms with Gasteiger partial charge in [-0.05, 0) is 56.5 Å². The molecule has 2 heterocycles. The third-order valence-corrected chi connectivity index (χ3v) is 6.49. The standard InChI is InChI=1S/C25H28ClFN4O.C2H6.CH2F2/c1-16-6-4-5-7-24(16)31(18(3)32)20-10-12-30(13-11-20)15-23-17(2)28-25(29-23)21-9-8-19(27)14-22(21)26;1-2;2-1-3/h4-9,14,20H,10-13,15H2,1-3H3,(H,28,29);1-2H3;1H2. The van der Waals surface area contributed by atoms with Gasteiger partial charge in [0.15, 0.2) is 0 Å². The lowest BCUT2D eigenvalue weighted by molar-refractivity contribution is -0.117. The normalized spacial score (nSPS) is 13.8. The lowest BCUT2D eigenvalue weighted by Gasteiger charge is -2.38. The van der Waals surface area contributed by atoms with Gasteiger partial charge < -0.3 is 9.88 Å². The minimum atomic E-state index is -1.75. The second-order valence-electron chi connectivity index (χ2n) is 8.57. The van der Waals surface area contributed by atoms with Crippen molar-refractivity contribution in [2.45, 2.75) is 60.0 Å². The van der Waals surface area contributed by atoms with Crippen LogP contribution in [0.4, 0.5) is 18.9 Å². The number of carbonyl (C=O) groups excluding carboxylic acids is 1. The molecular formula is C28H36ClF3N4O. The molecule has 2 aromatic carbocycles. The number of aryl methyl sites for hydroxylation is 2. The molecule has 1 amide bonds. The molecule has 0 spiro atoms. The van der Waals surface area contributed by atoms with E-state index in [9.17, 15) is 18.0 Å². The number of likely N-dealkylation sites (tertiary alicyclic amines) is 1. The van der Waals surface area contributed by atoms with Crippen LogP contribution in [0.3, 0.4) is 0 Å². The number of carbonyl (C=O) groups is 1. The summed E-state index contributed by atoms with van der Waals surface area (Å²) in [6.45, 7) is 10.4. The van der Waals surface area contributed by atoms with E-state index in [0.29, 0.717) is 16.4 Å². The van der Waals surface area contributed by atoms with Gasteiger partial charge in [0.25, 0.3) is 0 Å². The van der Waals surface area contributed by atoms with E-state index in [4.69, 9.17) is 16.6 Å². The zero-order valence-electron chi connectivity index (χ0n) is 22.1. The number of hydrogen-bond donors (Lipinski definition) is 1. The minimum absolute atomic E-state index is 0.0849. The van der Waals surface area contributed by atoms with Crippen LogP contribution in [0.25, 0.3) is 11.4 Å². The Hall–Kier alpha value is -2.84. The number of nitrogens with zero attached hydrogens (tertiary/aromatic N) is 3. The summed E-state index contributed by atoms with van der Waals surface area (Å²) >= 11 is 6.21. The number of amides is 1. The van der Waals surface area contributed by atoms with Gasteiger partial charge in [-0.25, -0.2) is 18.2 Å². The lowest BCUT2D eigenvalue weighted by Crippen LogP contribution is -2.47. The smallest absolute Gasteiger partial charge is 0.229 e. The number of aromatic amines is 1. The third-order valence-electron chi connectivity index (χ3n) is 6.18. The molecule has 37 heavy (non-hydrogen) atoms. The Kier molecular flexibility index (Phi) is 12.1. The van der Waals surface area contributed by atoms with Gasteiger partial charge in [0.2, 0.25) is 12.8 Å². The number of nitrogens with one attached hydrogen (secondary N) is 1. The quantitative estimate of drug-likeness (QED) is 0.369. The van der Waals surface area contributed by atoms with Crippen LogP contribution in [0.15, 0.2) is 42.5 Å². The van der Waals surface area contributed by atoms with E-state index in [-0.39, 0.29) is 17.8 Å². The molecular weight excluding hydrogens is 501 g/mol. The summed E-state index contributed by atoms with van der Waals surface area (Å²) in [5, 5.41) is 0.339. The maximum atomic E-state index is 13.4. The Bertz CT molecular complexity index is 1150. The maximum Gasteiger partial charge on any atom is 0.229 e. The molecule has 4 rings (SSSR count). The summed E-state index contributed by atoms with van der Waals surface area (Å²) in [6, 6.07) is 12.6. The van der Waals surface area contributed by atoms with Gasteiger partial charge in [0.05, 0.1) is 10.7 Å². The average Bonchev–Trinajstić information content (AvgIpc) is 3.22. The van der Waals surface area contributed by atoms with E-state index >= 15 is 0 Å². The van der Waals surface area contributed by atoms with Crippen LogP contribution in [-0.4, -0.2) is 46.8 Å². The van der Waals surface area contributed by atoms with Crippen molar-refractivity contribution in [3.05, 3.63) is 70.3 Å². The average molecular weight is 537 g/mol. The van der Waals surface area contributed by atoms with E-state index in [1.165, 1.54) is 12.1 Å². The Labute approximate surface area is 222 Å². The van der Waals surface area contributed by atoms with Gasteiger partial charge in [0, 0.05) is 49.5 Å². The number of benzene rings is 2. The molecule has 0 bridgehead atoms. The zero-order valence-corrected chi connectivity index (χ0v) is 22.9. The van der Waals surface area contributed by atoms with Gasteiger partial charge >= 0.3 is 0 Å². The number of piperidine rings is 1. The van der Waals surface area contributed by atoms with E-state index < -0.39 is 6.93 Å². The number of para-hydroxylation sites is 1. The highest BCUT2D eigenvalue weighted by Gasteiger charge is 2.28. The zero-order chi connectivity index (χ0) is 27.5. The lowest BCUT2D eigenvalue weighted by atomic mass is 10.0. The van der Waals surface area contributed by atoms with Crippen molar-refractivity contribution in [3.63, 3.8) is 0 Å². The fraction of sp³-hybridized carbons (Fsp3) is 0.429. The molecule has 0 unspecified atom stereocenters.